The second-order valence-corrected chi connectivity index (χ2v) is 11.8. The Morgan fingerprint density at radius 1 is 1.00 bits per heavy atom. The SMILES string of the molecule is CC(C)N1CC[C@H]2CC(=O)N(C)CC(=O)NC3(CCN(C(=O)c4ccc(F)cc4)CC3)CC(=O)NCC[C@H]2C1. The average molecular weight is 544 g/mol. The third-order valence-electron chi connectivity index (χ3n) is 8.74. The maximum atomic E-state index is 13.3. The van der Waals surface area contributed by atoms with Crippen LogP contribution in [0.15, 0.2) is 24.3 Å². The number of benzene rings is 1. The molecule has 3 aliphatic heterocycles. The van der Waals surface area contributed by atoms with Gasteiger partial charge in [-0.1, -0.05) is 0 Å². The van der Waals surface area contributed by atoms with Crippen molar-refractivity contribution in [2.24, 2.45) is 11.8 Å². The molecular formula is C29H42FN5O4. The number of hydrogen-bond donors (Lipinski definition) is 2. The fourth-order valence-electron chi connectivity index (χ4n) is 6.22. The lowest BCUT2D eigenvalue weighted by molar-refractivity contribution is -0.137. The Kier molecular flexibility index (Phi) is 9.25. The summed E-state index contributed by atoms with van der Waals surface area (Å²) in [4.78, 5) is 57.8. The van der Waals surface area contributed by atoms with E-state index < -0.39 is 11.4 Å². The molecule has 3 saturated heterocycles. The first-order valence-electron chi connectivity index (χ1n) is 14.2. The minimum Gasteiger partial charge on any atom is -0.356 e. The second-order valence-electron chi connectivity index (χ2n) is 11.8. The van der Waals surface area contributed by atoms with E-state index in [-0.39, 0.29) is 42.5 Å². The molecule has 3 heterocycles. The summed E-state index contributed by atoms with van der Waals surface area (Å²) >= 11 is 0. The number of fused-ring (bicyclic) bond motifs is 1. The molecule has 3 fully saturated rings. The molecular weight excluding hydrogens is 501 g/mol. The maximum Gasteiger partial charge on any atom is 0.253 e. The summed E-state index contributed by atoms with van der Waals surface area (Å²) < 4.78 is 13.3. The van der Waals surface area contributed by atoms with Crippen LogP contribution in [0.25, 0.3) is 0 Å². The van der Waals surface area contributed by atoms with Crippen LogP contribution < -0.4 is 10.6 Å². The van der Waals surface area contributed by atoms with Crippen LogP contribution in [0.1, 0.15) is 62.7 Å². The Hall–Kier alpha value is -3.01. The molecule has 0 unspecified atom stereocenters. The van der Waals surface area contributed by atoms with Crippen LogP contribution in [0.3, 0.4) is 0 Å². The highest BCUT2D eigenvalue weighted by Gasteiger charge is 2.40. The van der Waals surface area contributed by atoms with Gasteiger partial charge in [-0.05, 0) is 82.2 Å². The van der Waals surface area contributed by atoms with Crippen molar-refractivity contribution < 1.29 is 23.6 Å². The molecule has 39 heavy (non-hydrogen) atoms. The van der Waals surface area contributed by atoms with Gasteiger partial charge in [-0.2, -0.15) is 0 Å². The molecule has 4 rings (SSSR count). The number of likely N-dealkylation sites (N-methyl/N-ethyl adjacent to an activating group) is 1. The van der Waals surface area contributed by atoms with Crippen molar-refractivity contribution in [3.8, 4) is 0 Å². The first kappa shape index (κ1) is 29.0. The Morgan fingerprint density at radius 2 is 1.69 bits per heavy atom. The Labute approximate surface area is 230 Å². The fraction of sp³-hybridized carbons (Fsp3) is 0.655. The number of carbonyl (C=O) groups excluding carboxylic acids is 4. The van der Waals surface area contributed by atoms with Gasteiger partial charge in [-0.25, -0.2) is 4.39 Å². The first-order valence-corrected chi connectivity index (χ1v) is 14.2. The second kappa shape index (κ2) is 12.4. The Morgan fingerprint density at radius 3 is 2.36 bits per heavy atom. The van der Waals surface area contributed by atoms with Crippen LogP contribution in [-0.4, -0.2) is 96.2 Å². The molecule has 0 bridgehead atoms. The van der Waals surface area contributed by atoms with E-state index in [4.69, 9.17) is 0 Å². The third kappa shape index (κ3) is 7.35. The van der Waals surface area contributed by atoms with Gasteiger partial charge in [-0.3, -0.25) is 19.2 Å². The van der Waals surface area contributed by atoms with E-state index in [1.807, 2.05) is 0 Å². The van der Waals surface area contributed by atoms with E-state index >= 15 is 0 Å². The van der Waals surface area contributed by atoms with Crippen LogP contribution in [0, 0.1) is 17.7 Å². The molecule has 214 valence electrons. The standard InChI is InChI=1S/C29H42FN5O4/c1-20(2)35-13-9-22-16-27(38)33(3)19-26(37)32-29(17-25(36)31-12-8-23(22)18-35)10-14-34(15-11-29)28(39)21-4-6-24(30)7-5-21/h4-7,20,22-23H,8-19H2,1-3H3,(H,31,36)(H,32,37)/t22-,23-/m0/s1. The van der Waals surface area contributed by atoms with E-state index in [2.05, 4.69) is 29.4 Å². The van der Waals surface area contributed by atoms with E-state index in [1.165, 1.54) is 29.2 Å². The highest BCUT2D eigenvalue weighted by atomic mass is 19.1. The van der Waals surface area contributed by atoms with Gasteiger partial charge in [0.2, 0.25) is 17.7 Å². The third-order valence-corrected chi connectivity index (χ3v) is 8.74. The van der Waals surface area contributed by atoms with Gasteiger partial charge in [0.25, 0.3) is 5.91 Å². The molecule has 3 aliphatic rings. The molecule has 0 saturated carbocycles. The number of halogens is 1. The van der Waals surface area contributed by atoms with E-state index in [1.54, 1.807) is 11.9 Å². The molecule has 0 aromatic heterocycles. The molecule has 0 radical (unpaired) electrons. The maximum absolute atomic E-state index is 13.3. The molecule has 1 spiro atoms. The monoisotopic (exact) mass is 543 g/mol. The zero-order valence-electron chi connectivity index (χ0n) is 23.4. The van der Waals surface area contributed by atoms with Gasteiger partial charge in [0.1, 0.15) is 5.82 Å². The summed E-state index contributed by atoms with van der Waals surface area (Å²) in [5.74, 6) is -0.546. The Balaban J connectivity index is 1.45. The fourth-order valence-corrected chi connectivity index (χ4v) is 6.22. The van der Waals surface area contributed by atoms with Crippen molar-refractivity contribution in [3.63, 3.8) is 0 Å². The van der Waals surface area contributed by atoms with Gasteiger partial charge in [0.15, 0.2) is 0 Å². The van der Waals surface area contributed by atoms with Crippen molar-refractivity contribution in [3.05, 3.63) is 35.6 Å². The molecule has 1 aromatic carbocycles. The van der Waals surface area contributed by atoms with Crippen LogP contribution >= 0.6 is 0 Å². The molecule has 0 aliphatic carbocycles. The quantitative estimate of drug-likeness (QED) is 0.595. The molecule has 1 aromatic rings. The van der Waals surface area contributed by atoms with Gasteiger partial charge < -0.3 is 25.3 Å². The topological polar surface area (TPSA) is 102 Å². The van der Waals surface area contributed by atoms with Crippen molar-refractivity contribution in [2.75, 3.05) is 46.3 Å². The summed E-state index contributed by atoms with van der Waals surface area (Å²) in [6.07, 6.45) is 3.06. The predicted molar refractivity (Wildman–Crippen MR) is 145 cm³/mol. The van der Waals surface area contributed by atoms with Crippen molar-refractivity contribution in [1.29, 1.82) is 0 Å². The van der Waals surface area contributed by atoms with Crippen molar-refractivity contribution >= 4 is 23.6 Å². The minimum atomic E-state index is -0.809. The van der Waals surface area contributed by atoms with Gasteiger partial charge in [-0.15, -0.1) is 0 Å². The number of piperidine rings is 2. The molecule has 4 amide bonds. The van der Waals surface area contributed by atoms with Crippen molar-refractivity contribution in [2.45, 2.75) is 64.0 Å². The largest absolute Gasteiger partial charge is 0.356 e. The zero-order chi connectivity index (χ0) is 28.2. The minimum absolute atomic E-state index is 0.0343. The molecule has 9 nitrogen and oxygen atoms in total. The summed E-state index contributed by atoms with van der Waals surface area (Å²) in [5.41, 5.74) is -0.409. The number of amides is 4. The number of hydrogen-bond acceptors (Lipinski definition) is 5. The lowest BCUT2D eigenvalue weighted by Gasteiger charge is -2.43. The number of nitrogens with zero attached hydrogens (tertiary/aromatic N) is 3. The van der Waals surface area contributed by atoms with Crippen LogP contribution in [0.4, 0.5) is 4.39 Å². The normalized spacial score (nSPS) is 25.6. The summed E-state index contributed by atoms with van der Waals surface area (Å²) in [6, 6.07) is 5.87. The number of rotatable bonds is 2. The summed E-state index contributed by atoms with van der Waals surface area (Å²) in [5, 5.41) is 6.13. The highest BCUT2D eigenvalue weighted by molar-refractivity contribution is 5.94. The summed E-state index contributed by atoms with van der Waals surface area (Å²) in [6.45, 7) is 7.37. The van der Waals surface area contributed by atoms with E-state index in [9.17, 15) is 23.6 Å². The van der Waals surface area contributed by atoms with Crippen LogP contribution in [-0.2, 0) is 14.4 Å². The number of likely N-dealkylation sites (tertiary alicyclic amines) is 2. The smallest absolute Gasteiger partial charge is 0.253 e. The van der Waals surface area contributed by atoms with Gasteiger partial charge in [0.05, 0.1) is 12.1 Å². The molecule has 2 N–H and O–H groups in total. The highest BCUT2D eigenvalue weighted by Crippen LogP contribution is 2.31. The number of carbonyl (C=O) groups is 4. The van der Waals surface area contributed by atoms with Crippen molar-refractivity contribution in [1.82, 2.24) is 25.3 Å². The predicted octanol–water partition coefficient (Wildman–Crippen LogP) is 2.02. The van der Waals surface area contributed by atoms with E-state index in [0.29, 0.717) is 56.4 Å². The summed E-state index contributed by atoms with van der Waals surface area (Å²) in [7, 11) is 1.66. The Bertz CT molecular complexity index is 1050. The van der Waals surface area contributed by atoms with Crippen LogP contribution in [0.2, 0.25) is 0 Å². The van der Waals surface area contributed by atoms with Gasteiger partial charge >= 0.3 is 0 Å². The first-order chi connectivity index (χ1) is 18.5. The average Bonchev–Trinajstić information content (AvgIpc) is 2.89. The van der Waals surface area contributed by atoms with Gasteiger partial charge in [0, 0.05) is 57.7 Å². The number of nitrogens with one attached hydrogen (secondary N) is 2. The lowest BCUT2D eigenvalue weighted by atomic mass is 9.80. The molecule has 2 atom stereocenters. The molecule has 10 heteroatoms. The van der Waals surface area contributed by atoms with Crippen LogP contribution in [0.5, 0.6) is 0 Å². The van der Waals surface area contributed by atoms with E-state index in [0.717, 1.165) is 25.9 Å². The lowest BCUT2D eigenvalue weighted by Crippen LogP contribution is -2.59. The zero-order valence-corrected chi connectivity index (χ0v) is 23.4.